The van der Waals surface area contributed by atoms with Gasteiger partial charge in [0.25, 0.3) is 0 Å². The molecule has 2 unspecified atom stereocenters. The summed E-state index contributed by atoms with van der Waals surface area (Å²) in [5.74, 6) is 1.31. The first kappa shape index (κ1) is 14.1. The second kappa shape index (κ2) is 6.70. The van der Waals surface area contributed by atoms with Crippen LogP contribution in [0.3, 0.4) is 0 Å². The Bertz CT molecular complexity index is 412. The minimum Gasteiger partial charge on any atom is -0.474 e. The maximum Gasteiger partial charge on any atom is 0.225 e. The van der Waals surface area contributed by atoms with Crippen molar-refractivity contribution in [3.05, 3.63) is 11.8 Å². The number of nitrogens with zero attached hydrogens (tertiary/aromatic N) is 2. The second-order valence-corrected chi connectivity index (χ2v) is 4.98. The highest BCUT2D eigenvalue weighted by Crippen LogP contribution is 2.26. The first-order valence-electron chi connectivity index (χ1n) is 7.00. The number of rotatable bonds is 5. The molecule has 1 N–H and O–H groups in total. The van der Waals surface area contributed by atoms with E-state index in [0.717, 1.165) is 37.8 Å². The van der Waals surface area contributed by atoms with Crippen molar-refractivity contribution >= 4 is 5.95 Å². The van der Waals surface area contributed by atoms with Gasteiger partial charge in [0.2, 0.25) is 11.8 Å². The summed E-state index contributed by atoms with van der Waals surface area (Å²) >= 11 is 0. The third kappa shape index (κ3) is 3.80. The Balaban J connectivity index is 2.03. The summed E-state index contributed by atoms with van der Waals surface area (Å²) in [7, 11) is 1.77. The van der Waals surface area contributed by atoms with E-state index in [1.165, 1.54) is 0 Å². The van der Waals surface area contributed by atoms with Crippen LogP contribution in [0.5, 0.6) is 5.88 Å². The van der Waals surface area contributed by atoms with Gasteiger partial charge in [-0.15, -0.1) is 0 Å². The average molecular weight is 265 g/mol. The Morgan fingerprint density at radius 2 is 2.16 bits per heavy atom. The molecule has 1 heterocycles. The Labute approximate surface area is 114 Å². The highest BCUT2D eigenvalue weighted by molar-refractivity contribution is 5.32. The second-order valence-electron chi connectivity index (χ2n) is 4.98. The Kier molecular flexibility index (Phi) is 4.96. The van der Waals surface area contributed by atoms with Gasteiger partial charge in [-0.3, -0.25) is 0 Å². The lowest BCUT2D eigenvalue weighted by Crippen LogP contribution is -2.30. The Hall–Kier alpha value is -1.36. The van der Waals surface area contributed by atoms with Crippen molar-refractivity contribution in [2.24, 2.45) is 0 Å². The number of nitrogens with one attached hydrogen (secondary N) is 1. The highest BCUT2D eigenvalue weighted by atomic mass is 16.5. The minimum absolute atomic E-state index is 0.196. The molecule has 1 aromatic heterocycles. The van der Waals surface area contributed by atoms with Gasteiger partial charge in [0, 0.05) is 31.8 Å². The minimum atomic E-state index is 0.196. The molecule has 0 aliphatic heterocycles. The molecule has 0 saturated heterocycles. The van der Waals surface area contributed by atoms with Crippen molar-refractivity contribution in [3.8, 4) is 5.88 Å². The van der Waals surface area contributed by atoms with Crippen LogP contribution >= 0.6 is 0 Å². The zero-order valence-electron chi connectivity index (χ0n) is 12.0. The molecular formula is C14H23N3O2. The zero-order chi connectivity index (χ0) is 13.7. The molecule has 0 bridgehead atoms. The van der Waals surface area contributed by atoms with Crippen LogP contribution < -0.4 is 10.1 Å². The highest BCUT2D eigenvalue weighted by Gasteiger charge is 2.24. The fraction of sp³-hybridized carbons (Fsp3) is 0.714. The number of anilines is 1. The topological polar surface area (TPSA) is 56.3 Å². The fourth-order valence-electron chi connectivity index (χ4n) is 2.37. The number of aromatic nitrogens is 2. The molecule has 1 aromatic rings. The van der Waals surface area contributed by atoms with Crippen LogP contribution in [0.25, 0.3) is 0 Å². The van der Waals surface area contributed by atoms with E-state index in [1.54, 1.807) is 13.3 Å². The van der Waals surface area contributed by atoms with E-state index in [2.05, 4.69) is 15.3 Å². The molecule has 2 atom stereocenters. The van der Waals surface area contributed by atoms with Crippen LogP contribution in [0, 0.1) is 6.92 Å². The maximum absolute atomic E-state index is 6.03. The first-order valence-corrected chi connectivity index (χ1v) is 7.00. The standard InChI is InChI=1S/C14H23N3O2/c1-4-15-14-16-9-10(2)13(17-14)19-12-7-5-6-11(8-12)18-3/h9,11-12H,4-8H2,1-3H3,(H,15,16,17). The number of hydrogen-bond acceptors (Lipinski definition) is 5. The molecule has 5 nitrogen and oxygen atoms in total. The van der Waals surface area contributed by atoms with E-state index in [9.17, 15) is 0 Å². The molecule has 0 radical (unpaired) electrons. The van der Waals surface area contributed by atoms with Crippen LogP contribution in [-0.2, 0) is 4.74 Å². The Morgan fingerprint density at radius 1 is 1.37 bits per heavy atom. The van der Waals surface area contributed by atoms with Crippen LogP contribution in [0.15, 0.2) is 6.20 Å². The predicted molar refractivity (Wildman–Crippen MR) is 74.6 cm³/mol. The van der Waals surface area contributed by atoms with E-state index in [1.807, 2.05) is 13.8 Å². The monoisotopic (exact) mass is 265 g/mol. The van der Waals surface area contributed by atoms with Gasteiger partial charge >= 0.3 is 0 Å². The molecule has 0 aromatic carbocycles. The van der Waals surface area contributed by atoms with Crippen LogP contribution in [-0.4, -0.2) is 35.8 Å². The number of aryl methyl sites for hydroxylation is 1. The lowest BCUT2D eigenvalue weighted by atomic mass is 9.95. The van der Waals surface area contributed by atoms with Gasteiger partial charge in [0.1, 0.15) is 6.10 Å². The zero-order valence-corrected chi connectivity index (χ0v) is 12.0. The number of ether oxygens (including phenoxy) is 2. The quantitative estimate of drug-likeness (QED) is 0.886. The van der Waals surface area contributed by atoms with Gasteiger partial charge < -0.3 is 14.8 Å². The van der Waals surface area contributed by atoms with Gasteiger partial charge in [0.05, 0.1) is 6.10 Å². The third-order valence-corrected chi connectivity index (χ3v) is 3.45. The maximum atomic E-state index is 6.03. The van der Waals surface area contributed by atoms with E-state index in [-0.39, 0.29) is 6.10 Å². The molecule has 0 amide bonds. The van der Waals surface area contributed by atoms with Crippen molar-refractivity contribution in [1.29, 1.82) is 0 Å². The van der Waals surface area contributed by atoms with Gasteiger partial charge in [0.15, 0.2) is 0 Å². The average Bonchev–Trinajstić information content (AvgIpc) is 2.43. The Morgan fingerprint density at radius 3 is 2.89 bits per heavy atom. The number of methoxy groups -OCH3 is 1. The van der Waals surface area contributed by atoms with Crippen LogP contribution in [0.1, 0.15) is 38.2 Å². The van der Waals surface area contributed by atoms with Crippen molar-refractivity contribution in [2.45, 2.75) is 51.7 Å². The van der Waals surface area contributed by atoms with Gasteiger partial charge in [-0.2, -0.15) is 4.98 Å². The SMILES string of the molecule is CCNc1ncc(C)c(OC2CCCC(OC)C2)n1. The summed E-state index contributed by atoms with van der Waals surface area (Å²) in [5.41, 5.74) is 0.973. The summed E-state index contributed by atoms with van der Waals surface area (Å²) in [5, 5.41) is 3.11. The van der Waals surface area contributed by atoms with Crippen molar-refractivity contribution in [3.63, 3.8) is 0 Å². The molecule has 106 valence electrons. The normalized spacial score (nSPS) is 23.1. The molecule has 1 fully saturated rings. The molecule has 2 rings (SSSR count). The van der Waals surface area contributed by atoms with E-state index >= 15 is 0 Å². The van der Waals surface area contributed by atoms with Crippen LogP contribution in [0.2, 0.25) is 0 Å². The van der Waals surface area contributed by atoms with E-state index in [4.69, 9.17) is 9.47 Å². The number of hydrogen-bond donors (Lipinski definition) is 1. The van der Waals surface area contributed by atoms with Crippen molar-refractivity contribution in [2.75, 3.05) is 19.0 Å². The molecule has 19 heavy (non-hydrogen) atoms. The summed E-state index contributed by atoms with van der Waals surface area (Å²) in [6.07, 6.45) is 6.60. The summed E-state index contributed by atoms with van der Waals surface area (Å²) in [6.45, 7) is 4.80. The lowest BCUT2D eigenvalue weighted by Gasteiger charge is -2.28. The first-order chi connectivity index (χ1) is 9.22. The van der Waals surface area contributed by atoms with E-state index < -0.39 is 0 Å². The molecule has 0 spiro atoms. The van der Waals surface area contributed by atoms with Gasteiger partial charge in [-0.1, -0.05) is 0 Å². The van der Waals surface area contributed by atoms with E-state index in [0.29, 0.717) is 17.9 Å². The molecule has 1 saturated carbocycles. The predicted octanol–water partition coefficient (Wildman–Crippen LogP) is 2.55. The largest absolute Gasteiger partial charge is 0.474 e. The molecule has 1 aliphatic carbocycles. The summed E-state index contributed by atoms with van der Waals surface area (Å²) < 4.78 is 11.5. The van der Waals surface area contributed by atoms with Crippen molar-refractivity contribution < 1.29 is 9.47 Å². The smallest absolute Gasteiger partial charge is 0.225 e. The van der Waals surface area contributed by atoms with Crippen LogP contribution in [0.4, 0.5) is 5.95 Å². The molecule has 1 aliphatic rings. The summed E-state index contributed by atoms with van der Waals surface area (Å²) in [4.78, 5) is 8.65. The van der Waals surface area contributed by atoms with Gasteiger partial charge in [-0.05, 0) is 33.1 Å². The van der Waals surface area contributed by atoms with Crippen molar-refractivity contribution in [1.82, 2.24) is 9.97 Å². The molecule has 5 heteroatoms. The fourth-order valence-corrected chi connectivity index (χ4v) is 2.37. The summed E-state index contributed by atoms with van der Waals surface area (Å²) in [6, 6.07) is 0. The molecular weight excluding hydrogens is 242 g/mol. The van der Waals surface area contributed by atoms with Gasteiger partial charge in [-0.25, -0.2) is 4.98 Å². The lowest BCUT2D eigenvalue weighted by molar-refractivity contribution is 0.0193. The third-order valence-electron chi connectivity index (χ3n) is 3.45.